The van der Waals surface area contributed by atoms with Gasteiger partial charge in [-0.2, -0.15) is 4.98 Å². The van der Waals surface area contributed by atoms with E-state index < -0.39 is 0 Å². The highest BCUT2D eigenvalue weighted by molar-refractivity contribution is 7.98. The molecule has 0 aliphatic rings. The molecule has 1 amide bonds. The van der Waals surface area contributed by atoms with Gasteiger partial charge < -0.3 is 14.4 Å². The standard InChI is InChI=1S/C20H25ClN2O.C15H17FN2OS/c1-3-22(4-2)13-14-23(16-24)15-17-5-7-18(8-6-17)19-9-11-20(21)12-10-19;1-3-4-12-9-18(2)15(17-14(12)19)20-10-11-5-7-13(16)8-6-11/h5-12,16H,3-4,13-15H2,1-2H3;5-9H,3-4,10H2,1-2H3. The van der Waals surface area contributed by atoms with Crippen molar-refractivity contribution < 1.29 is 9.18 Å². The molecule has 44 heavy (non-hydrogen) atoms. The van der Waals surface area contributed by atoms with Crippen LogP contribution < -0.4 is 5.56 Å². The summed E-state index contributed by atoms with van der Waals surface area (Å²) in [4.78, 5) is 31.4. The first-order chi connectivity index (χ1) is 21.3. The summed E-state index contributed by atoms with van der Waals surface area (Å²) in [5.41, 5.74) is 5.03. The molecule has 1 heterocycles. The molecule has 6 nitrogen and oxygen atoms in total. The minimum Gasteiger partial charge on any atom is -0.340 e. The Morgan fingerprint density at radius 3 is 2.05 bits per heavy atom. The molecule has 0 radical (unpaired) electrons. The molecule has 0 N–H and O–H groups in total. The minimum atomic E-state index is -0.242. The molecular weight excluding hydrogens is 595 g/mol. The lowest BCUT2D eigenvalue weighted by atomic mass is 10.0. The Morgan fingerprint density at radius 2 is 1.48 bits per heavy atom. The van der Waals surface area contributed by atoms with Gasteiger partial charge in [0, 0.05) is 49.2 Å². The first kappa shape index (κ1) is 35.0. The van der Waals surface area contributed by atoms with Crippen LogP contribution in [0.25, 0.3) is 11.1 Å². The van der Waals surface area contributed by atoms with Gasteiger partial charge in [0.2, 0.25) is 6.41 Å². The lowest BCUT2D eigenvalue weighted by Gasteiger charge is -2.23. The second kappa shape index (κ2) is 18.4. The fourth-order valence-electron chi connectivity index (χ4n) is 4.54. The van der Waals surface area contributed by atoms with Crippen LogP contribution in [0.1, 0.15) is 43.9 Å². The van der Waals surface area contributed by atoms with Gasteiger partial charge in [-0.05, 0) is 66.0 Å². The summed E-state index contributed by atoms with van der Waals surface area (Å²) < 4.78 is 14.7. The summed E-state index contributed by atoms with van der Waals surface area (Å²) in [5.74, 6) is 0.418. The number of nitrogens with zero attached hydrogens (tertiary/aromatic N) is 4. The Morgan fingerprint density at radius 1 is 0.886 bits per heavy atom. The van der Waals surface area contributed by atoms with E-state index in [1.807, 2.05) is 53.9 Å². The molecule has 4 aromatic rings. The number of thioether (sulfide) groups is 1. The van der Waals surface area contributed by atoms with Crippen molar-refractivity contribution in [2.45, 2.75) is 51.1 Å². The average Bonchev–Trinajstić information content (AvgIpc) is 3.04. The van der Waals surface area contributed by atoms with Crippen molar-refractivity contribution in [1.29, 1.82) is 0 Å². The summed E-state index contributed by atoms with van der Waals surface area (Å²) in [5, 5.41) is 1.42. The molecule has 234 valence electrons. The fraction of sp³-hybridized carbons (Fsp3) is 0.343. The largest absolute Gasteiger partial charge is 0.340 e. The molecular formula is C35H42ClFN4O2S. The predicted octanol–water partition coefficient (Wildman–Crippen LogP) is 7.47. The number of benzene rings is 3. The van der Waals surface area contributed by atoms with E-state index in [-0.39, 0.29) is 11.4 Å². The molecule has 0 atom stereocenters. The first-order valence-electron chi connectivity index (χ1n) is 15.0. The average molecular weight is 637 g/mol. The van der Waals surface area contributed by atoms with Gasteiger partial charge >= 0.3 is 0 Å². The highest BCUT2D eigenvalue weighted by Gasteiger charge is 2.08. The Hall–Kier alpha value is -3.46. The summed E-state index contributed by atoms with van der Waals surface area (Å²) >= 11 is 7.40. The van der Waals surface area contributed by atoms with Crippen LogP contribution in [0.4, 0.5) is 4.39 Å². The SMILES string of the molecule is CCCc1cn(C)c(SCc2ccc(F)cc2)nc1=O.CCN(CC)CCN(C=O)Cc1ccc(-c2ccc(Cl)cc2)cc1. The number of aromatic nitrogens is 2. The number of aryl methyl sites for hydroxylation is 2. The van der Waals surface area contributed by atoms with Crippen molar-refractivity contribution in [2.75, 3.05) is 26.2 Å². The van der Waals surface area contributed by atoms with E-state index in [9.17, 15) is 14.0 Å². The van der Waals surface area contributed by atoms with E-state index in [1.54, 1.807) is 12.1 Å². The molecule has 0 unspecified atom stereocenters. The third kappa shape index (κ3) is 11.2. The Labute approximate surface area is 269 Å². The van der Waals surface area contributed by atoms with Gasteiger partial charge in [0.25, 0.3) is 5.56 Å². The van der Waals surface area contributed by atoms with Gasteiger partial charge in [-0.1, -0.05) is 99.1 Å². The number of carbonyl (C=O) groups excluding carboxylic acids is 1. The van der Waals surface area contributed by atoms with Crippen molar-refractivity contribution in [1.82, 2.24) is 19.4 Å². The summed E-state index contributed by atoms with van der Waals surface area (Å²) in [6.07, 6.45) is 4.48. The van der Waals surface area contributed by atoms with Crippen LogP contribution in [0, 0.1) is 5.82 Å². The third-order valence-electron chi connectivity index (χ3n) is 7.19. The zero-order valence-electron chi connectivity index (χ0n) is 26.0. The zero-order chi connectivity index (χ0) is 31.9. The normalized spacial score (nSPS) is 10.8. The number of likely N-dealkylation sites (N-methyl/N-ethyl adjacent to an activating group) is 1. The maximum atomic E-state index is 12.8. The zero-order valence-corrected chi connectivity index (χ0v) is 27.6. The summed E-state index contributed by atoms with van der Waals surface area (Å²) in [7, 11) is 1.89. The van der Waals surface area contributed by atoms with Crippen LogP contribution in [-0.4, -0.2) is 51.9 Å². The number of hydrogen-bond acceptors (Lipinski definition) is 5. The van der Waals surface area contributed by atoms with Crippen molar-refractivity contribution in [3.05, 3.63) is 117 Å². The van der Waals surface area contributed by atoms with Crippen LogP contribution in [-0.2, 0) is 30.6 Å². The molecule has 0 spiro atoms. The van der Waals surface area contributed by atoms with Gasteiger partial charge in [0.05, 0.1) is 0 Å². The van der Waals surface area contributed by atoms with E-state index >= 15 is 0 Å². The van der Waals surface area contributed by atoms with Crippen LogP contribution in [0.2, 0.25) is 5.02 Å². The Kier molecular flexibility index (Phi) is 14.6. The predicted molar refractivity (Wildman–Crippen MR) is 181 cm³/mol. The van der Waals surface area contributed by atoms with Crippen molar-refractivity contribution in [2.24, 2.45) is 7.05 Å². The Bertz CT molecular complexity index is 1490. The second-order valence-corrected chi connectivity index (χ2v) is 11.8. The first-order valence-corrected chi connectivity index (χ1v) is 16.3. The van der Waals surface area contributed by atoms with Gasteiger partial charge in [-0.25, -0.2) is 4.39 Å². The van der Waals surface area contributed by atoms with Crippen LogP contribution in [0.3, 0.4) is 0 Å². The van der Waals surface area contributed by atoms with E-state index in [0.29, 0.717) is 17.5 Å². The molecule has 0 fully saturated rings. The maximum Gasteiger partial charge on any atom is 0.276 e. The molecule has 9 heteroatoms. The summed E-state index contributed by atoms with van der Waals surface area (Å²) in [6.45, 7) is 10.7. The maximum absolute atomic E-state index is 12.8. The molecule has 1 aromatic heterocycles. The second-order valence-electron chi connectivity index (χ2n) is 10.4. The van der Waals surface area contributed by atoms with Crippen molar-refractivity contribution in [3.63, 3.8) is 0 Å². The molecule has 0 aliphatic heterocycles. The molecule has 3 aromatic carbocycles. The third-order valence-corrected chi connectivity index (χ3v) is 8.55. The number of halogens is 2. The molecule has 0 aliphatic carbocycles. The van der Waals surface area contributed by atoms with Gasteiger partial charge in [-0.3, -0.25) is 9.59 Å². The van der Waals surface area contributed by atoms with E-state index in [4.69, 9.17) is 11.6 Å². The highest BCUT2D eigenvalue weighted by Crippen LogP contribution is 2.22. The number of amides is 1. The van der Waals surface area contributed by atoms with Gasteiger partial charge in [-0.15, -0.1) is 0 Å². The lowest BCUT2D eigenvalue weighted by molar-refractivity contribution is -0.118. The Balaban J connectivity index is 0.000000244. The highest BCUT2D eigenvalue weighted by atomic mass is 35.5. The number of rotatable bonds is 14. The molecule has 0 saturated carbocycles. The van der Waals surface area contributed by atoms with Gasteiger partial charge in [0.15, 0.2) is 5.16 Å². The molecule has 0 saturated heterocycles. The van der Waals surface area contributed by atoms with Crippen LogP contribution in [0.15, 0.2) is 88.9 Å². The molecule has 4 rings (SSSR count). The molecule has 0 bridgehead atoms. The van der Waals surface area contributed by atoms with Crippen LogP contribution >= 0.6 is 23.4 Å². The van der Waals surface area contributed by atoms with Gasteiger partial charge in [0.1, 0.15) is 5.82 Å². The topological polar surface area (TPSA) is 58.4 Å². The van der Waals surface area contributed by atoms with E-state index in [0.717, 1.165) is 78.3 Å². The van der Waals surface area contributed by atoms with Crippen molar-refractivity contribution >= 4 is 29.8 Å². The van der Waals surface area contributed by atoms with E-state index in [1.165, 1.54) is 23.9 Å². The van der Waals surface area contributed by atoms with E-state index in [2.05, 4.69) is 48.0 Å². The summed E-state index contributed by atoms with van der Waals surface area (Å²) in [6, 6.07) is 22.5. The quantitative estimate of drug-likeness (QED) is 0.0816. The number of hydrogen-bond donors (Lipinski definition) is 0. The van der Waals surface area contributed by atoms with Crippen molar-refractivity contribution in [3.8, 4) is 11.1 Å². The van der Waals surface area contributed by atoms with Crippen LogP contribution in [0.5, 0.6) is 0 Å². The lowest BCUT2D eigenvalue weighted by Crippen LogP contribution is -2.34. The monoisotopic (exact) mass is 636 g/mol. The number of carbonyl (C=O) groups is 1. The smallest absolute Gasteiger partial charge is 0.276 e. The minimum absolute atomic E-state index is 0.147. The fourth-order valence-corrected chi connectivity index (χ4v) is 5.56.